The van der Waals surface area contributed by atoms with Crippen LogP contribution in [0.4, 0.5) is 0 Å². The minimum atomic E-state index is 0.358. The van der Waals surface area contributed by atoms with Crippen LogP contribution >= 0.6 is 11.6 Å². The van der Waals surface area contributed by atoms with Gasteiger partial charge in [0.05, 0.1) is 7.11 Å². The summed E-state index contributed by atoms with van der Waals surface area (Å²) in [5.41, 5.74) is 3.60. The van der Waals surface area contributed by atoms with Crippen LogP contribution in [0.25, 0.3) is 0 Å². The Bertz CT molecular complexity index is 909. The minimum Gasteiger partial charge on any atom is -0.496 e. The van der Waals surface area contributed by atoms with E-state index in [1.54, 1.807) is 7.11 Å². The molecule has 6 atom stereocenters. The van der Waals surface area contributed by atoms with Crippen molar-refractivity contribution in [3.63, 3.8) is 0 Å². The van der Waals surface area contributed by atoms with E-state index in [0.29, 0.717) is 22.9 Å². The van der Waals surface area contributed by atoms with E-state index in [1.165, 1.54) is 49.7 Å². The highest BCUT2D eigenvalue weighted by Gasteiger charge is 2.59. The van der Waals surface area contributed by atoms with E-state index in [4.69, 9.17) is 16.3 Å². The lowest BCUT2D eigenvalue weighted by molar-refractivity contribution is -0.0893. The van der Waals surface area contributed by atoms with Crippen LogP contribution in [0.15, 0.2) is 48.5 Å². The van der Waals surface area contributed by atoms with Crippen LogP contribution < -0.4 is 10.1 Å². The van der Waals surface area contributed by atoms with Gasteiger partial charge in [-0.3, -0.25) is 0 Å². The van der Waals surface area contributed by atoms with E-state index in [-0.39, 0.29) is 0 Å². The molecule has 0 saturated heterocycles. The molecular weight excluding hydrogens is 402 g/mol. The smallest absolute Gasteiger partial charge is 0.122 e. The third-order valence-corrected chi connectivity index (χ3v) is 8.99. The van der Waals surface area contributed by atoms with Crippen molar-refractivity contribution in [3.8, 4) is 5.75 Å². The summed E-state index contributed by atoms with van der Waals surface area (Å²) in [6.07, 6.45) is 9.31. The fourth-order valence-corrected chi connectivity index (χ4v) is 7.97. The van der Waals surface area contributed by atoms with E-state index >= 15 is 0 Å². The third-order valence-electron chi connectivity index (χ3n) is 8.73. The second-order valence-corrected chi connectivity index (χ2v) is 11.4. The molecule has 2 nitrogen and oxygen atoms in total. The Balaban J connectivity index is 1.35. The van der Waals surface area contributed by atoms with E-state index in [1.807, 2.05) is 0 Å². The summed E-state index contributed by atoms with van der Waals surface area (Å²) >= 11 is 6.22. The molecule has 2 aromatic carbocycles. The van der Waals surface area contributed by atoms with Crippen molar-refractivity contribution in [2.45, 2.75) is 76.3 Å². The maximum atomic E-state index is 6.22. The fraction of sp³-hybridized carbons (Fsp3) is 0.571. The maximum absolute atomic E-state index is 6.22. The third kappa shape index (κ3) is 3.91. The lowest BCUT2D eigenvalue weighted by atomic mass is 9.41. The zero-order valence-corrected chi connectivity index (χ0v) is 19.9. The molecule has 6 rings (SSSR count). The molecule has 1 N–H and O–H groups in total. The first-order valence-corrected chi connectivity index (χ1v) is 12.4. The van der Waals surface area contributed by atoms with Gasteiger partial charge in [-0.15, -0.1) is 0 Å². The van der Waals surface area contributed by atoms with Gasteiger partial charge in [-0.2, -0.15) is 0 Å². The maximum Gasteiger partial charge on any atom is 0.122 e. The number of ether oxygens (including phenoxy) is 1. The second-order valence-electron chi connectivity index (χ2n) is 10.9. The first-order valence-electron chi connectivity index (χ1n) is 12.1. The highest BCUT2D eigenvalue weighted by molar-refractivity contribution is 6.30. The van der Waals surface area contributed by atoms with Gasteiger partial charge in [-0.25, -0.2) is 0 Å². The van der Waals surface area contributed by atoms with Crippen molar-refractivity contribution < 1.29 is 4.74 Å². The van der Waals surface area contributed by atoms with Crippen LogP contribution in [0.2, 0.25) is 5.02 Å². The molecule has 4 bridgehead atoms. The molecule has 0 spiro atoms. The van der Waals surface area contributed by atoms with Gasteiger partial charge in [0.25, 0.3) is 0 Å². The fourth-order valence-electron chi connectivity index (χ4n) is 7.85. The summed E-state index contributed by atoms with van der Waals surface area (Å²) in [5, 5.41) is 4.89. The molecule has 31 heavy (non-hydrogen) atoms. The first-order chi connectivity index (χ1) is 14.9. The Morgan fingerprint density at radius 3 is 2.35 bits per heavy atom. The van der Waals surface area contributed by atoms with Crippen molar-refractivity contribution >= 4 is 11.6 Å². The lowest BCUT2D eigenvalue weighted by Crippen LogP contribution is -2.60. The van der Waals surface area contributed by atoms with Crippen LogP contribution in [-0.4, -0.2) is 19.2 Å². The van der Waals surface area contributed by atoms with Crippen LogP contribution in [0, 0.1) is 17.3 Å². The topological polar surface area (TPSA) is 21.3 Å². The molecule has 0 aromatic heterocycles. The molecule has 166 valence electrons. The summed E-state index contributed by atoms with van der Waals surface area (Å²) in [7, 11) is 1.77. The number of halogens is 1. The first kappa shape index (κ1) is 21.3. The van der Waals surface area contributed by atoms with Crippen molar-refractivity contribution in [2.24, 2.45) is 17.3 Å². The Hall–Kier alpha value is -1.51. The number of hydrogen-bond donors (Lipinski definition) is 1. The molecule has 0 amide bonds. The highest BCUT2D eigenvalue weighted by Crippen LogP contribution is 2.66. The van der Waals surface area contributed by atoms with Gasteiger partial charge in [-0.1, -0.05) is 41.9 Å². The molecular formula is C28H36ClNO. The number of nitrogens with one attached hydrogen (secondary N) is 1. The van der Waals surface area contributed by atoms with Crippen LogP contribution in [0.1, 0.15) is 63.5 Å². The van der Waals surface area contributed by atoms with Crippen molar-refractivity contribution in [1.29, 1.82) is 0 Å². The standard InChI is InChI=1S/C28H36ClNO/c1-19(12-23-6-4-5-7-26(23)31-3)30-20(2)27-14-21-13-22(15-27)17-28(16-21,18-27)24-8-10-25(29)11-9-24/h4-11,19-22,30H,12-18H2,1-3H3/t19-,20+,21-,22+,27?,28?/m1/s1. The minimum absolute atomic E-state index is 0.358. The molecule has 2 aromatic rings. The molecule has 0 radical (unpaired) electrons. The van der Waals surface area contributed by atoms with Crippen molar-refractivity contribution in [3.05, 3.63) is 64.7 Å². The molecule has 0 heterocycles. The zero-order valence-electron chi connectivity index (χ0n) is 19.2. The van der Waals surface area contributed by atoms with Gasteiger partial charge in [-0.05, 0) is 111 Å². The number of hydrogen-bond acceptors (Lipinski definition) is 2. The summed E-state index contributed by atoms with van der Waals surface area (Å²) in [6.45, 7) is 4.79. The van der Waals surface area contributed by atoms with Crippen molar-refractivity contribution in [2.75, 3.05) is 7.11 Å². The zero-order chi connectivity index (χ0) is 21.6. The van der Waals surface area contributed by atoms with Gasteiger partial charge in [0, 0.05) is 17.1 Å². The summed E-state index contributed by atoms with van der Waals surface area (Å²) in [6, 6.07) is 18.2. The monoisotopic (exact) mass is 437 g/mol. The molecule has 4 aliphatic carbocycles. The molecule has 0 aliphatic heterocycles. The number of benzene rings is 2. The predicted molar refractivity (Wildman–Crippen MR) is 129 cm³/mol. The van der Waals surface area contributed by atoms with Gasteiger partial charge in [0.2, 0.25) is 0 Å². The van der Waals surface area contributed by atoms with Crippen LogP contribution in [0.3, 0.4) is 0 Å². The predicted octanol–water partition coefficient (Wildman–Crippen LogP) is 6.80. The Morgan fingerprint density at radius 2 is 1.68 bits per heavy atom. The summed E-state index contributed by atoms with van der Waals surface area (Å²) in [5.74, 6) is 2.76. The second kappa shape index (κ2) is 8.12. The van der Waals surface area contributed by atoms with E-state index in [0.717, 1.165) is 29.0 Å². The Morgan fingerprint density at radius 1 is 1.00 bits per heavy atom. The number of rotatable bonds is 7. The van der Waals surface area contributed by atoms with Gasteiger partial charge in [0.15, 0.2) is 0 Å². The van der Waals surface area contributed by atoms with Gasteiger partial charge in [0.1, 0.15) is 5.75 Å². The van der Waals surface area contributed by atoms with Crippen LogP contribution in [0.5, 0.6) is 5.75 Å². The van der Waals surface area contributed by atoms with E-state index in [2.05, 4.69) is 67.7 Å². The van der Waals surface area contributed by atoms with Gasteiger partial charge < -0.3 is 10.1 Å². The highest BCUT2D eigenvalue weighted by atomic mass is 35.5. The SMILES string of the molecule is COc1ccccc1C[C@@H](C)N[C@@H](C)C12C[C@@H]3C[C@@H](CC(c4ccc(Cl)cc4)(C3)C1)C2. The quantitative estimate of drug-likeness (QED) is 0.514. The largest absolute Gasteiger partial charge is 0.496 e. The van der Waals surface area contributed by atoms with Crippen LogP contribution in [-0.2, 0) is 11.8 Å². The molecule has 3 heteroatoms. The number of para-hydroxylation sites is 1. The molecule has 4 aliphatic rings. The Labute approximate surface area is 192 Å². The number of methoxy groups -OCH3 is 1. The molecule has 2 unspecified atom stereocenters. The lowest BCUT2D eigenvalue weighted by Gasteiger charge is -2.64. The average Bonchev–Trinajstić information content (AvgIpc) is 2.73. The average molecular weight is 438 g/mol. The van der Waals surface area contributed by atoms with E-state index < -0.39 is 0 Å². The summed E-state index contributed by atoms with van der Waals surface area (Å²) in [4.78, 5) is 0. The normalized spacial score (nSPS) is 33.3. The molecule has 4 saturated carbocycles. The Kier molecular flexibility index (Phi) is 5.59. The van der Waals surface area contributed by atoms with E-state index in [9.17, 15) is 0 Å². The summed E-state index contributed by atoms with van der Waals surface area (Å²) < 4.78 is 5.58. The van der Waals surface area contributed by atoms with Crippen molar-refractivity contribution in [1.82, 2.24) is 5.32 Å². The van der Waals surface area contributed by atoms with Gasteiger partial charge >= 0.3 is 0 Å². The molecule has 4 fully saturated rings.